The Morgan fingerprint density at radius 2 is 2.05 bits per heavy atom. The van der Waals surface area contributed by atoms with Gasteiger partial charge in [0.25, 0.3) is 5.56 Å². The van der Waals surface area contributed by atoms with Crippen LogP contribution in [0, 0.1) is 6.92 Å². The maximum Gasteiger partial charge on any atom is 0.303 e. The summed E-state index contributed by atoms with van der Waals surface area (Å²) in [5, 5.41) is 11.1. The monoisotopic (exact) mass is 280 g/mol. The van der Waals surface area contributed by atoms with Crippen LogP contribution in [0.25, 0.3) is 0 Å². The maximum absolute atomic E-state index is 11.6. The molecule has 0 aromatic carbocycles. The Labute approximate surface area is 117 Å². The first-order chi connectivity index (χ1) is 9.49. The highest BCUT2D eigenvalue weighted by Gasteiger charge is 2.03. The number of pyridine rings is 1. The number of nitrogens with zero attached hydrogens (tertiary/aromatic N) is 1. The van der Waals surface area contributed by atoms with Crippen molar-refractivity contribution in [2.45, 2.75) is 39.2 Å². The molecule has 1 rings (SSSR count). The molecule has 1 heterocycles. The van der Waals surface area contributed by atoms with Crippen molar-refractivity contribution in [3.8, 4) is 0 Å². The summed E-state index contributed by atoms with van der Waals surface area (Å²) < 4.78 is 1.57. The van der Waals surface area contributed by atoms with Gasteiger partial charge in [0, 0.05) is 38.2 Å². The zero-order valence-electron chi connectivity index (χ0n) is 11.6. The van der Waals surface area contributed by atoms with E-state index in [-0.39, 0.29) is 17.9 Å². The SMILES string of the molecule is Cc1ccn(CCCC(=O)NCCCC(=O)O)c(=O)c1. The minimum Gasteiger partial charge on any atom is -0.481 e. The zero-order chi connectivity index (χ0) is 15.0. The average Bonchev–Trinajstić information content (AvgIpc) is 2.37. The number of hydrogen-bond donors (Lipinski definition) is 2. The molecule has 0 bridgehead atoms. The number of carbonyl (C=O) groups excluding carboxylic acids is 1. The molecule has 110 valence electrons. The van der Waals surface area contributed by atoms with Gasteiger partial charge >= 0.3 is 5.97 Å². The fourth-order valence-electron chi connectivity index (χ4n) is 1.76. The Kier molecular flexibility index (Phi) is 6.49. The molecular formula is C14H20N2O4. The van der Waals surface area contributed by atoms with Crippen LogP contribution < -0.4 is 10.9 Å². The summed E-state index contributed by atoms with van der Waals surface area (Å²) in [6, 6.07) is 3.42. The fraction of sp³-hybridized carbons (Fsp3) is 0.500. The molecule has 0 aliphatic heterocycles. The Bertz CT molecular complexity index is 522. The van der Waals surface area contributed by atoms with E-state index in [1.165, 1.54) is 0 Å². The molecule has 0 radical (unpaired) electrons. The predicted octanol–water partition coefficient (Wildman–Crippen LogP) is 0.918. The van der Waals surface area contributed by atoms with Crippen molar-refractivity contribution in [2.75, 3.05) is 6.54 Å². The zero-order valence-corrected chi connectivity index (χ0v) is 11.6. The number of nitrogens with one attached hydrogen (secondary N) is 1. The van der Waals surface area contributed by atoms with Gasteiger partial charge in [-0.15, -0.1) is 0 Å². The molecule has 1 aromatic rings. The van der Waals surface area contributed by atoms with Gasteiger partial charge in [0.15, 0.2) is 0 Å². The van der Waals surface area contributed by atoms with E-state index in [0.29, 0.717) is 32.4 Å². The first-order valence-electron chi connectivity index (χ1n) is 6.64. The molecule has 6 nitrogen and oxygen atoms in total. The van der Waals surface area contributed by atoms with Gasteiger partial charge in [-0.2, -0.15) is 0 Å². The van der Waals surface area contributed by atoms with E-state index < -0.39 is 5.97 Å². The van der Waals surface area contributed by atoms with E-state index in [4.69, 9.17) is 5.11 Å². The average molecular weight is 280 g/mol. The van der Waals surface area contributed by atoms with Crippen LogP contribution in [-0.4, -0.2) is 28.1 Å². The van der Waals surface area contributed by atoms with Crippen molar-refractivity contribution in [1.29, 1.82) is 0 Å². The third-order valence-electron chi connectivity index (χ3n) is 2.84. The number of aliphatic carboxylic acids is 1. The summed E-state index contributed by atoms with van der Waals surface area (Å²) in [5.74, 6) is -0.978. The van der Waals surface area contributed by atoms with E-state index in [1.807, 2.05) is 13.0 Å². The van der Waals surface area contributed by atoms with Crippen LogP contribution in [0.1, 0.15) is 31.2 Å². The number of hydrogen-bond acceptors (Lipinski definition) is 3. The van der Waals surface area contributed by atoms with Crippen molar-refractivity contribution in [2.24, 2.45) is 0 Å². The lowest BCUT2D eigenvalue weighted by Gasteiger charge is -2.06. The molecule has 1 amide bonds. The lowest BCUT2D eigenvalue weighted by Crippen LogP contribution is -2.25. The third kappa shape index (κ3) is 6.17. The lowest BCUT2D eigenvalue weighted by molar-refractivity contribution is -0.137. The summed E-state index contributed by atoms with van der Waals surface area (Å²) in [6.45, 7) is 2.73. The maximum atomic E-state index is 11.6. The topological polar surface area (TPSA) is 88.4 Å². The predicted molar refractivity (Wildman–Crippen MR) is 74.6 cm³/mol. The van der Waals surface area contributed by atoms with Crippen LogP contribution in [-0.2, 0) is 16.1 Å². The standard InChI is InChI=1S/C14H20N2O4/c1-11-6-9-16(13(18)10-11)8-3-4-12(17)15-7-2-5-14(19)20/h6,9-10H,2-5,7-8H2,1H3,(H,15,17)(H,19,20). The second-order valence-electron chi connectivity index (χ2n) is 4.69. The largest absolute Gasteiger partial charge is 0.481 e. The number of rotatable bonds is 8. The van der Waals surface area contributed by atoms with E-state index in [2.05, 4.69) is 5.32 Å². The minimum atomic E-state index is -0.863. The molecule has 0 saturated carbocycles. The number of aryl methyl sites for hydroxylation is 2. The van der Waals surface area contributed by atoms with Crippen LogP contribution in [0.3, 0.4) is 0 Å². The van der Waals surface area contributed by atoms with Gasteiger partial charge in [-0.1, -0.05) is 0 Å². The Morgan fingerprint density at radius 1 is 1.30 bits per heavy atom. The van der Waals surface area contributed by atoms with E-state index in [0.717, 1.165) is 5.56 Å². The molecule has 0 unspecified atom stereocenters. The lowest BCUT2D eigenvalue weighted by atomic mass is 10.2. The summed E-state index contributed by atoms with van der Waals surface area (Å²) in [4.78, 5) is 33.4. The first kappa shape index (κ1) is 15.9. The van der Waals surface area contributed by atoms with E-state index in [1.54, 1.807) is 16.8 Å². The van der Waals surface area contributed by atoms with Crippen molar-refractivity contribution in [3.63, 3.8) is 0 Å². The Morgan fingerprint density at radius 3 is 2.70 bits per heavy atom. The Balaban J connectivity index is 2.21. The van der Waals surface area contributed by atoms with Crippen LogP contribution in [0.5, 0.6) is 0 Å². The van der Waals surface area contributed by atoms with Crippen LogP contribution in [0.4, 0.5) is 0 Å². The van der Waals surface area contributed by atoms with Gasteiger partial charge in [0.05, 0.1) is 0 Å². The molecule has 0 saturated heterocycles. The van der Waals surface area contributed by atoms with Crippen molar-refractivity contribution in [3.05, 3.63) is 34.2 Å². The second kappa shape index (κ2) is 8.14. The van der Waals surface area contributed by atoms with Crippen LogP contribution in [0.15, 0.2) is 23.1 Å². The van der Waals surface area contributed by atoms with Crippen molar-refractivity contribution >= 4 is 11.9 Å². The number of carbonyl (C=O) groups is 2. The molecule has 0 spiro atoms. The summed E-state index contributed by atoms with van der Waals surface area (Å²) in [6.07, 6.45) is 3.11. The van der Waals surface area contributed by atoms with Crippen LogP contribution in [0.2, 0.25) is 0 Å². The van der Waals surface area contributed by atoms with Gasteiger partial charge in [-0.25, -0.2) is 0 Å². The number of carboxylic acids is 1. The van der Waals surface area contributed by atoms with Crippen molar-refractivity contribution < 1.29 is 14.7 Å². The number of aromatic nitrogens is 1. The molecule has 20 heavy (non-hydrogen) atoms. The smallest absolute Gasteiger partial charge is 0.303 e. The van der Waals surface area contributed by atoms with Gasteiger partial charge in [0.2, 0.25) is 5.91 Å². The van der Waals surface area contributed by atoms with Gasteiger partial charge in [0.1, 0.15) is 0 Å². The van der Waals surface area contributed by atoms with Gasteiger partial charge in [-0.05, 0) is 31.4 Å². The van der Waals surface area contributed by atoms with E-state index in [9.17, 15) is 14.4 Å². The highest BCUT2D eigenvalue weighted by molar-refractivity contribution is 5.75. The molecule has 0 fully saturated rings. The molecule has 0 aliphatic rings. The molecule has 6 heteroatoms. The van der Waals surface area contributed by atoms with Gasteiger partial charge < -0.3 is 15.0 Å². The third-order valence-corrected chi connectivity index (χ3v) is 2.84. The first-order valence-corrected chi connectivity index (χ1v) is 6.64. The molecule has 0 aliphatic carbocycles. The molecular weight excluding hydrogens is 260 g/mol. The Hall–Kier alpha value is -2.11. The van der Waals surface area contributed by atoms with Crippen LogP contribution >= 0.6 is 0 Å². The van der Waals surface area contributed by atoms with Crippen molar-refractivity contribution in [1.82, 2.24) is 9.88 Å². The number of amides is 1. The summed E-state index contributed by atoms with van der Waals surface area (Å²) in [5.41, 5.74) is 0.856. The summed E-state index contributed by atoms with van der Waals surface area (Å²) >= 11 is 0. The summed E-state index contributed by atoms with van der Waals surface area (Å²) in [7, 11) is 0. The molecule has 1 aromatic heterocycles. The second-order valence-corrected chi connectivity index (χ2v) is 4.69. The fourth-order valence-corrected chi connectivity index (χ4v) is 1.76. The minimum absolute atomic E-state index is 0.0546. The molecule has 2 N–H and O–H groups in total. The number of carboxylic acid groups (broad SMARTS) is 1. The highest BCUT2D eigenvalue weighted by Crippen LogP contribution is 1.96. The van der Waals surface area contributed by atoms with E-state index >= 15 is 0 Å². The molecule has 0 atom stereocenters. The normalized spacial score (nSPS) is 10.2. The highest BCUT2D eigenvalue weighted by atomic mass is 16.4. The van der Waals surface area contributed by atoms with Gasteiger partial charge in [-0.3, -0.25) is 14.4 Å². The quantitative estimate of drug-likeness (QED) is 0.693.